The van der Waals surface area contributed by atoms with Crippen molar-refractivity contribution in [1.82, 2.24) is 0 Å². The number of benzene rings is 2. The second kappa shape index (κ2) is 4.90. The molecule has 3 heterocycles. The van der Waals surface area contributed by atoms with Crippen molar-refractivity contribution in [3.8, 4) is 17.2 Å². The molecule has 2 atom stereocenters. The molecule has 0 bridgehead atoms. The van der Waals surface area contributed by atoms with Crippen molar-refractivity contribution in [2.75, 3.05) is 27.5 Å². The van der Waals surface area contributed by atoms with E-state index in [0.717, 1.165) is 47.7 Å². The summed E-state index contributed by atoms with van der Waals surface area (Å²) >= 11 is 0. The van der Waals surface area contributed by atoms with E-state index in [-0.39, 0.29) is 0 Å². The third-order valence-electron chi connectivity index (χ3n) is 6.03. The van der Waals surface area contributed by atoms with E-state index in [2.05, 4.69) is 37.4 Å². The summed E-state index contributed by atoms with van der Waals surface area (Å²) < 4.78 is 17.8. The molecule has 4 heteroatoms. The molecular formula is C20H22NO3+. The number of nitrogens with zero attached hydrogens (tertiary/aromatic N) is 1. The van der Waals surface area contributed by atoms with Gasteiger partial charge in [-0.25, -0.2) is 0 Å². The number of hydrogen-bond acceptors (Lipinski definition) is 3. The molecular weight excluding hydrogens is 302 g/mol. The Labute approximate surface area is 142 Å². The first-order chi connectivity index (χ1) is 11.7. The summed E-state index contributed by atoms with van der Waals surface area (Å²) in [4.78, 5) is 0. The number of likely N-dealkylation sites (N-methyl/N-ethyl adjacent to an activating group) is 1. The lowest BCUT2D eigenvalue weighted by molar-refractivity contribution is -0.956. The van der Waals surface area contributed by atoms with Crippen LogP contribution in [0.5, 0.6) is 17.2 Å². The van der Waals surface area contributed by atoms with Crippen LogP contribution in [0.15, 0.2) is 30.3 Å². The highest BCUT2D eigenvalue weighted by atomic mass is 16.7. The summed E-state index contributed by atoms with van der Waals surface area (Å²) in [5, 5.41) is 0. The van der Waals surface area contributed by atoms with Gasteiger partial charge in [0.25, 0.3) is 0 Å². The molecule has 0 fully saturated rings. The van der Waals surface area contributed by atoms with E-state index in [1.165, 1.54) is 22.3 Å². The second-order valence-electron chi connectivity index (χ2n) is 7.33. The van der Waals surface area contributed by atoms with Gasteiger partial charge in [-0.1, -0.05) is 6.07 Å². The van der Waals surface area contributed by atoms with Gasteiger partial charge in [0, 0.05) is 18.4 Å². The highest BCUT2D eigenvalue weighted by molar-refractivity contribution is 5.53. The second-order valence-corrected chi connectivity index (χ2v) is 7.33. The summed E-state index contributed by atoms with van der Waals surface area (Å²) in [5.74, 6) is 2.84. The van der Waals surface area contributed by atoms with Crippen molar-refractivity contribution in [1.29, 1.82) is 0 Å². The fourth-order valence-corrected chi connectivity index (χ4v) is 4.64. The minimum Gasteiger partial charge on any atom is -0.497 e. The zero-order valence-electron chi connectivity index (χ0n) is 14.2. The Morgan fingerprint density at radius 3 is 2.92 bits per heavy atom. The van der Waals surface area contributed by atoms with E-state index in [1.54, 1.807) is 7.11 Å². The van der Waals surface area contributed by atoms with Crippen LogP contribution in [0.2, 0.25) is 0 Å². The summed E-state index contributed by atoms with van der Waals surface area (Å²) in [7, 11) is 4.13. The van der Waals surface area contributed by atoms with Crippen LogP contribution in [0.3, 0.4) is 0 Å². The number of quaternary nitrogens is 1. The molecule has 0 saturated carbocycles. The van der Waals surface area contributed by atoms with Gasteiger partial charge in [0.05, 0.1) is 26.3 Å². The summed E-state index contributed by atoms with van der Waals surface area (Å²) in [5.41, 5.74) is 5.68. The average Bonchev–Trinajstić information content (AvgIpc) is 3.08. The van der Waals surface area contributed by atoms with Crippen LogP contribution in [0, 0.1) is 0 Å². The molecule has 2 aromatic carbocycles. The quantitative estimate of drug-likeness (QED) is 0.754. The molecule has 0 radical (unpaired) electrons. The molecule has 2 aromatic rings. The standard InChI is InChI=1S/C20H22NO3/c1-21-8-7-14-9-15(22-2)4-5-16(14)18(21)10-13-3-6-19-20(17(13)11-21)24-12-23-19/h3-6,9,18H,7-8,10-12H2,1-2H3/q+1. The Bertz CT molecular complexity index is 832. The van der Waals surface area contributed by atoms with Crippen molar-refractivity contribution in [2.24, 2.45) is 0 Å². The van der Waals surface area contributed by atoms with Crippen LogP contribution in [-0.4, -0.2) is 32.0 Å². The Kier molecular flexibility index (Phi) is 2.89. The number of rotatable bonds is 1. The minimum absolute atomic E-state index is 0.349. The smallest absolute Gasteiger partial charge is 0.231 e. The molecule has 0 saturated heterocycles. The lowest BCUT2D eigenvalue weighted by Gasteiger charge is -2.49. The Balaban J connectivity index is 1.61. The normalized spacial score (nSPS) is 26.3. The number of methoxy groups -OCH3 is 1. The topological polar surface area (TPSA) is 27.7 Å². The number of ether oxygens (including phenoxy) is 3. The predicted molar refractivity (Wildman–Crippen MR) is 90.5 cm³/mol. The third-order valence-corrected chi connectivity index (χ3v) is 6.03. The van der Waals surface area contributed by atoms with Crippen molar-refractivity contribution < 1.29 is 18.7 Å². The van der Waals surface area contributed by atoms with Crippen LogP contribution >= 0.6 is 0 Å². The third kappa shape index (κ3) is 1.89. The largest absolute Gasteiger partial charge is 0.497 e. The predicted octanol–water partition coefficient (Wildman–Crippen LogP) is 3.22. The van der Waals surface area contributed by atoms with E-state index in [9.17, 15) is 0 Å². The van der Waals surface area contributed by atoms with Gasteiger partial charge in [0.15, 0.2) is 11.5 Å². The van der Waals surface area contributed by atoms with E-state index < -0.39 is 0 Å². The monoisotopic (exact) mass is 324 g/mol. The maximum Gasteiger partial charge on any atom is 0.231 e. The molecule has 124 valence electrons. The number of hydrogen-bond donors (Lipinski definition) is 0. The van der Waals surface area contributed by atoms with Crippen LogP contribution in [0.4, 0.5) is 0 Å². The minimum atomic E-state index is 0.349. The van der Waals surface area contributed by atoms with E-state index in [1.807, 2.05) is 0 Å². The van der Waals surface area contributed by atoms with Crippen LogP contribution in [-0.2, 0) is 19.4 Å². The zero-order valence-corrected chi connectivity index (χ0v) is 14.2. The van der Waals surface area contributed by atoms with E-state index in [0.29, 0.717) is 12.8 Å². The maximum atomic E-state index is 5.77. The first-order valence-corrected chi connectivity index (χ1v) is 8.59. The molecule has 2 unspecified atom stereocenters. The Morgan fingerprint density at radius 2 is 2.04 bits per heavy atom. The average molecular weight is 324 g/mol. The molecule has 3 aliphatic heterocycles. The molecule has 4 nitrogen and oxygen atoms in total. The lowest BCUT2D eigenvalue weighted by Crippen LogP contribution is -2.53. The lowest BCUT2D eigenvalue weighted by atomic mass is 9.81. The Morgan fingerprint density at radius 1 is 1.12 bits per heavy atom. The van der Waals surface area contributed by atoms with Gasteiger partial charge in [0.1, 0.15) is 18.3 Å². The fourth-order valence-electron chi connectivity index (χ4n) is 4.64. The highest BCUT2D eigenvalue weighted by Gasteiger charge is 2.44. The molecule has 0 N–H and O–H groups in total. The van der Waals surface area contributed by atoms with Crippen molar-refractivity contribution in [2.45, 2.75) is 25.4 Å². The molecule has 0 amide bonds. The summed E-state index contributed by atoms with van der Waals surface area (Å²) in [6, 6.07) is 11.4. The van der Waals surface area contributed by atoms with Gasteiger partial charge in [-0.2, -0.15) is 0 Å². The Hall–Kier alpha value is -2.20. The summed E-state index contributed by atoms with van der Waals surface area (Å²) in [6.45, 7) is 2.51. The van der Waals surface area contributed by atoms with Crippen molar-refractivity contribution >= 4 is 0 Å². The molecule has 0 spiro atoms. The maximum absolute atomic E-state index is 5.77. The summed E-state index contributed by atoms with van der Waals surface area (Å²) in [6.07, 6.45) is 2.16. The van der Waals surface area contributed by atoms with Crippen molar-refractivity contribution in [3.05, 3.63) is 52.6 Å². The van der Waals surface area contributed by atoms with Gasteiger partial charge in [0.2, 0.25) is 6.79 Å². The van der Waals surface area contributed by atoms with E-state index in [4.69, 9.17) is 14.2 Å². The molecule has 24 heavy (non-hydrogen) atoms. The van der Waals surface area contributed by atoms with Gasteiger partial charge in [-0.05, 0) is 35.4 Å². The van der Waals surface area contributed by atoms with Crippen LogP contribution < -0.4 is 14.2 Å². The highest BCUT2D eigenvalue weighted by Crippen LogP contribution is 2.48. The van der Waals surface area contributed by atoms with Gasteiger partial charge in [-0.15, -0.1) is 0 Å². The zero-order chi connectivity index (χ0) is 16.3. The first-order valence-electron chi connectivity index (χ1n) is 8.59. The van der Waals surface area contributed by atoms with Gasteiger partial charge >= 0.3 is 0 Å². The molecule has 3 aliphatic rings. The number of fused-ring (bicyclic) bond motifs is 6. The van der Waals surface area contributed by atoms with Crippen LogP contribution in [0.25, 0.3) is 0 Å². The van der Waals surface area contributed by atoms with Gasteiger partial charge in [-0.3, -0.25) is 0 Å². The van der Waals surface area contributed by atoms with Crippen molar-refractivity contribution in [3.63, 3.8) is 0 Å². The van der Waals surface area contributed by atoms with Gasteiger partial charge < -0.3 is 18.7 Å². The molecule has 0 aliphatic carbocycles. The molecule has 5 rings (SSSR count). The van der Waals surface area contributed by atoms with Crippen LogP contribution in [0.1, 0.15) is 28.3 Å². The molecule has 0 aromatic heterocycles. The van der Waals surface area contributed by atoms with E-state index >= 15 is 0 Å². The first kappa shape index (κ1) is 14.2. The SMILES string of the molecule is COc1ccc2c(c1)CC[N+]1(C)Cc3c(ccc4c3OCO4)CC21. The fraction of sp³-hybridized carbons (Fsp3) is 0.400.